The first-order chi connectivity index (χ1) is 7.43. The van der Waals surface area contributed by atoms with Crippen molar-refractivity contribution in [2.24, 2.45) is 5.92 Å². The molecule has 0 saturated heterocycles. The molecule has 0 bridgehead atoms. The second kappa shape index (κ2) is 5.39. The highest BCUT2D eigenvalue weighted by atomic mass is 32.1. The summed E-state index contributed by atoms with van der Waals surface area (Å²) in [5.41, 5.74) is 2.10. The van der Waals surface area contributed by atoms with E-state index in [2.05, 4.69) is 12.6 Å². The van der Waals surface area contributed by atoms with E-state index in [1.165, 1.54) is 5.56 Å². The van der Waals surface area contributed by atoms with Crippen LogP contribution in [0, 0.1) is 12.8 Å². The number of anilines is 1. The molecule has 1 unspecified atom stereocenters. The first kappa shape index (κ1) is 13.1. The van der Waals surface area contributed by atoms with Crippen LogP contribution < -0.4 is 4.90 Å². The topological polar surface area (TPSA) is 20.3 Å². The number of aryl methyl sites for hydroxylation is 1. The van der Waals surface area contributed by atoms with E-state index in [0.717, 1.165) is 5.69 Å². The van der Waals surface area contributed by atoms with Crippen LogP contribution in [0.5, 0.6) is 0 Å². The average Bonchev–Trinajstić information content (AvgIpc) is 2.27. The van der Waals surface area contributed by atoms with Crippen LogP contribution in [0.15, 0.2) is 24.3 Å². The second-order valence-electron chi connectivity index (χ2n) is 4.42. The molecule has 1 amide bonds. The lowest BCUT2D eigenvalue weighted by Gasteiger charge is -2.23. The summed E-state index contributed by atoms with van der Waals surface area (Å²) in [5, 5.41) is -0.244. The number of carbonyl (C=O) groups excluding carboxylic acids is 1. The van der Waals surface area contributed by atoms with Gasteiger partial charge in [-0.25, -0.2) is 0 Å². The van der Waals surface area contributed by atoms with Crippen molar-refractivity contribution in [2.75, 3.05) is 11.9 Å². The van der Waals surface area contributed by atoms with E-state index in [0.29, 0.717) is 0 Å². The standard InChI is InChI=1S/C13H19NOS/c1-9(2)12(16)13(15)14(4)11-7-5-10(3)6-8-11/h5-9,12,16H,1-4H3. The largest absolute Gasteiger partial charge is 0.315 e. The van der Waals surface area contributed by atoms with Gasteiger partial charge >= 0.3 is 0 Å². The van der Waals surface area contributed by atoms with Crippen molar-refractivity contribution < 1.29 is 4.79 Å². The molecule has 0 saturated carbocycles. The summed E-state index contributed by atoms with van der Waals surface area (Å²) in [6.07, 6.45) is 0. The number of carbonyl (C=O) groups is 1. The summed E-state index contributed by atoms with van der Waals surface area (Å²) in [6.45, 7) is 6.03. The Kier molecular flexibility index (Phi) is 4.42. The van der Waals surface area contributed by atoms with Crippen LogP contribution in [0.2, 0.25) is 0 Å². The normalized spacial score (nSPS) is 12.6. The minimum atomic E-state index is -0.244. The molecule has 0 radical (unpaired) electrons. The molecule has 16 heavy (non-hydrogen) atoms. The summed E-state index contributed by atoms with van der Waals surface area (Å²) < 4.78 is 0. The van der Waals surface area contributed by atoms with Gasteiger partial charge < -0.3 is 4.90 Å². The molecule has 1 atom stereocenters. The highest BCUT2D eigenvalue weighted by Crippen LogP contribution is 2.18. The molecule has 88 valence electrons. The van der Waals surface area contributed by atoms with Crippen LogP contribution in [0.25, 0.3) is 0 Å². The maximum atomic E-state index is 12.0. The molecule has 0 aromatic heterocycles. The van der Waals surface area contributed by atoms with Crippen molar-refractivity contribution in [3.8, 4) is 0 Å². The predicted molar refractivity (Wildman–Crippen MR) is 72.2 cm³/mol. The highest BCUT2D eigenvalue weighted by molar-refractivity contribution is 7.81. The Labute approximate surface area is 103 Å². The molecule has 0 N–H and O–H groups in total. The third-order valence-corrected chi connectivity index (χ3v) is 3.45. The molecule has 0 spiro atoms. The fourth-order valence-corrected chi connectivity index (χ4v) is 1.55. The van der Waals surface area contributed by atoms with Crippen molar-refractivity contribution >= 4 is 24.2 Å². The monoisotopic (exact) mass is 237 g/mol. The van der Waals surface area contributed by atoms with Gasteiger partial charge in [-0.1, -0.05) is 31.5 Å². The maximum Gasteiger partial charge on any atom is 0.239 e. The van der Waals surface area contributed by atoms with Crippen molar-refractivity contribution in [3.05, 3.63) is 29.8 Å². The molecule has 0 aliphatic rings. The molecule has 3 heteroatoms. The fraction of sp³-hybridized carbons (Fsp3) is 0.462. The van der Waals surface area contributed by atoms with Crippen LogP contribution in [0.3, 0.4) is 0 Å². The summed E-state index contributed by atoms with van der Waals surface area (Å²) in [5.74, 6) is 0.283. The zero-order valence-electron chi connectivity index (χ0n) is 10.3. The van der Waals surface area contributed by atoms with Crippen LogP contribution >= 0.6 is 12.6 Å². The van der Waals surface area contributed by atoms with Crippen LogP contribution in [-0.4, -0.2) is 18.2 Å². The minimum Gasteiger partial charge on any atom is -0.315 e. The van der Waals surface area contributed by atoms with E-state index in [-0.39, 0.29) is 17.1 Å². The smallest absolute Gasteiger partial charge is 0.239 e. The second-order valence-corrected chi connectivity index (χ2v) is 4.98. The lowest BCUT2D eigenvalue weighted by atomic mass is 10.1. The lowest BCUT2D eigenvalue weighted by Crippen LogP contribution is -2.36. The summed E-state index contributed by atoms with van der Waals surface area (Å²) in [7, 11) is 1.79. The molecular formula is C13H19NOS. The Morgan fingerprint density at radius 1 is 1.25 bits per heavy atom. The summed E-state index contributed by atoms with van der Waals surface area (Å²) in [6, 6.07) is 7.91. The Morgan fingerprint density at radius 3 is 2.19 bits per heavy atom. The minimum absolute atomic E-state index is 0.0437. The maximum absolute atomic E-state index is 12.0. The third kappa shape index (κ3) is 3.01. The van der Waals surface area contributed by atoms with Gasteiger partial charge in [0.1, 0.15) is 0 Å². The van der Waals surface area contributed by atoms with Gasteiger partial charge in [-0.2, -0.15) is 12.6 Å². The van der Waals surface area contributed by atoms with Gasteiger partial charge in [0.15, 0.2) is 0 Å². The van der Waals surface area contributed by atoms with Crippen LogP contribution in [0.1, 0.15) is 19.4 Å². The molecule has 0 aliphatic heterocycles. The Balaban J connectivity index is 2.82. The average molecular weight is 237 g/mol. The number of thiol groups is 1. The first-order valence-electron chi connectivity index (χ1n) is 5.45. The third-order valence-electron chi connectivity index (χ3n) is 2.64. The molecule has 1 aromatic rings. The number of nitrogens with zero attached hydrogens (tertiary/aromatic N) is 1. The van der Waals surface area contributed by atoms with E-state index in [1.807, 2.05) is 45.0 Å². The van der Waals surface area contributed by atoms with Gasteiger partial charge in [-0.15, -0.1) is 0 Å². The zero-order chi connectivity index (χ0) is 12.3. The van der Waals surface area contributed by atoms with Crippen LogP contribution in [0.4, 0.5) is 5.69 Å². The van der Waals surface area contributed by atoms with E-state index in [9.17, 15) is 4.79 Å². The van der Waals surface area contributed by atoms with Crippen molar-refractivity contribution in [1.82, 2.24) is 0 Å². The quantitative estimate of drug-likeness (QED) is 0.801. The molecule has 0 aliphatic carbocycles. The van der Waals surface area contributed by atoms with E-state index >= 15 is 0 Å². The lowest BCUT2D eigenvalue weighted by molar-refractivity contribution is -0.118. The van der Waals surface area contributed by atoms with Gasteiger partial charge in [0, 0.05) is 12.7 Å². The Morgan fingerprint density at radius 2 is 1.75 bits per heavy atom. The fourth-order valence-electron chi connectivity index (χ4n) is 1.38. The van der Waals surface area contributed by atoms with Crippen molar-refractivity contribution in [3.63, 3.8) is 0 Å². The summed E-state index contributed by atoms with van der Waals surface area (Å²) in [4.78, 5) is 13.7. The predicted octanol–water partition coefficient (Wildman–Crippen LogP) is 2.91. The van der Waals surface area contributed by atoms with Gasteiger partial charge in [-0.05, 0) is 25.0 Å². The highest BCUT2D eigenvalue weighted by Gasteiger charge is 2.22. The van der Waals surface area contributed by atoms with Crippen molar-refractivity contribution in [1.29, 1.82) is 0 Å². The van der Waals surface area contributed by atoms with Gasteiger partial charge in [0.05, 0.1) is 5.25 Å². The molecular weight excluding hydrogens is 218 g/mol. The van der Waals surface area contributed by atoms with E-state index in [1.54, 1.807) is 11.9 Å². The molecule has 1 aromatic carbocycles. The number of amides is 1. The Bertz CT molecular complexity index is 359. The number of rotatable bonds is 3. The summed E-state index contributed by atoms with van der Waals surface area (Å²) >= 11 is 4.34. The zero-order valence-corrected chi connectivity index (χ0v) is 11.2. The van der Waals surface area contributed by atoms with Gasteiger partial charge in [0.25, 0.3) is 0 Å². The molecule has 2 nitrogen and oxygen atoms in total. The van der Waals surface area contributed by atoms with Gasteiger partial charge in [-0.3, -0.25) is 4.79 Å². The first-order valence-corrected chi connectivity index (χ1v) is 5.97. The van der Waals surface area contributed by atoms with E-state index in [4.69, 9.17) is 0 Å². The molecule has 0 fully saturated rings. The van der Waals surface area contributed by atoms with E-state index < -0.39 is 0 Å². The number of hydrogen-bond acceptors (Lipinski definition) is 2. The molecule has 0 heterocycles. The van der Waals surface area contributed by atoms with Crippen molar-refractivity contribution in [2.45, 2.75) is 26.0 Å². The SMILES string of the molecule is Cc1ccc(N(C)C(=O)C(S)C(C)C)cc1. The van der Waals surface area contributed by atoms with Gasteiger partial charge in [0.2, 0.25) is 5.91 Å². The Hall–Kier alpha value is -0.960. The van der Waals surface area contributed by atoms with Crippen LogP contribution in [-0.2, 0) is 4.79 Å². The number of benzene rings is 1. The molecule has 1 rings (SSSR count). The number of hydrogen-bond donors (Lipinski definition) is 1.